The molecule has 0 spiro atoms. The summed E-state index contributed by atoms with van der Waals surface area (Å²) in [5, 5.41) is 11.7. The topological polar surface area (TPSA) is 50.2 Å². The molecule has 3 nitrogen and oxygen atoms in total. The summed E-state index contributed by atoms with van der Waals surface area (Å²) in [6, 6.07) is 16.1. The third-order valence-corrected chi connectivity index (χ3v) is 4.80. The Hall–Kier alpha value is -2.36. The zero-order valence-corrected chi connectivity index (χ0v) is 22.1. The Bertz CT molecular complexity index is 1100. The number of rotatable bonds is 2. The SMILES string of the molecule is CC(C)(C)C(=O)C=C(O)C(C)(C)C.Cc1cc(-c2nccc3ccccc23)[c-]cc1F.[Ir]. The van der Waals surface area contributed by atoms with Gasteiger partial charge in [-0.3, -0.25) is 9.18 Å². The average Bonchev–Trinajstić information content (AvgIpc) is 2.68. The van der Waals surface area contributed by atoms with Crippen LogP contribution in [0.1, 0.15) is 47.1 Å². The number of halogens is 1. The minimum atomic E-state index is -0.417. The maximum absolute atomic E-state index is 13.3. The van der Waals surface area contributed by atoms with E-state index in [4.69, 9.17) is 0 Å². The number of hydrogen-bond donors (Lipinski definition) is 1. The summed E-state index contributed by atoms with van der Waals surface area (Å²) in [6.07, 6.45) is 3.10. The number of ketones is 1. The predicted octanol–water partition coefficient (Wildman–Crippen LogP) is 7.24. The molecule has 0 atom stereocenters. The molecule has 0 aliphatic rings. The maximum Gasteiger partial charge on any atom is 0.164 e. The van der Waals surface area contributed by atoms with Gasteiger partial charge in [0.25, 0.3) is 0 Å². The van der Waals surface area contributed by atoms with Gasteiger partial charge in [-0.2, -0.15) is 0 Å². The zero-order chi connectivity index (χ0) is 23.4. The number of fused-ring (bicyclic) bond motifs is 1. The second kappa shape index (κ2) is 11.0. The van der Waals surface area contributed by atoms with Gasteiger partial charge in [0.15, 0.2) is 5.78 Å². The number of aryl methyl sites for hydroxylation is 1. The van der Waals surface area contributed by atoms with Crippen molar-refractivity contribution >= 4 is 16.6 Å². The van der Waals surface area contributed by atoms with E-state index < -0.39 is 5.41 Å². The predicted molar refractivity (Wildman–Crippen MR) is 125 cm³/mol. The van der Waals surface area contributed by atoms with Gasteiger partial charge in [-0.25, -0.2) is 0 Å². The number of nitrogens with zero attached hydrogens (tertiary/aromatic N) is 1. The molecular formula is C27H31FIrNO2-. The third kappa shape index (κ3) is 7.36. The van der Waals surface area contributed by atoms with Crippen LogP contribution in [0.15, 0.2) is 60.5 Å². The Morgan fingerprint density at radius 3 is 2.25 bits per heavy atom. The molecule has 0 aliphatic carbocycles. The van der Waals surface area contributed by atoms with Crippen molar-refractivity contribution < 1.29 is 34.4 Å². The van der Waals surface area contributed by atoms with Crippen LogP contribution in [0, 0.1) is 29.6 Å². The van der Waals surface area contributed by atoms with Crippen LogP contribution in [-0.2, 0) is 24.9 Å². The van der Waals surface area contributed by atoms with Crippen LogP contribution in [0.2, 0.25) is 0 Å². The smallest absolute Gasteiger partial charge is 0.164 e. The fourth-order valence-electron chi connectivity index (χ4n) is 2.61. The Balaban J connectivity index is 0.000000330. The number of benzene rings is 2. The van der Waals surface area contributed by atoms with Crippen LogP contribution in [0.4, 0.5) is 4.39 Å². The molecule has 1 aromatic heterocycles. The van der Waals surface area contributed by atoms with Gasteiger partial charge in [0, 0.05) is 49.0 Å². The van der Waals surface area contributed by atoms with Crippen molar-refractivity contribution in [2.45, 2.75) is 48.5 Å². The number of aromatic nitrogens is 1. The molecule has 0 saturated carbocycles. The summed E-state index contributed by atoms with van der Waals surface area (Å²) in [5.41, 5.74) is 1.51. The molecule has 0 bridgehead atoms. The Morgan fingerprint density at radius 2 is 1.69 bits per heavy atom. The van der Waals surface area contributed by atoms with E-state index in [1.54, 1.807) is 19.2 Å². The minimum absolute atomic E-state index is 0. The Kier molecular flexibility index (Phi) is 9.49. The van der Waals surface area contributed by atoms with Crippen molar-refractivity contribution in [1.29, 1.82) is 0 Å². The van der Waals surface area contributed by atoms with Crippen LogP contribution in [0.25, 0.3) is 22.0 Å². The van der Waals surface area contributed by atoms with Gasteiger partial charge in [0.2, 0.25) is 0 Å². The van der Waals surface area contributed by atoms with E-state index in [1.807, 2.05) is 71.9 Å². The molecule has 173 valence electrons. The van der Waals surface area contributed by atoms with E-state index in [0.717, 1.165) is 22.0 Å². The number of allylic oxidation sites excluding steroid dienone is 2. The summed E-state index contributed by atoms with van der Waals surface area (Å²) < 4.78 is 13.3. The Morgan fingerprint density at radius 1 is 1.06 bits per heavy atom. The van der Waals surface area contributed by atoms with Gasteiger partial charge in [-0.1, -0.05) is 78.3 Å². The molecule has 1 heterocycles. The van der Waals surface area contributed by atoms with Crippen molar-refractivity contribution in [2.24, 2.45) is 10.8 Å². The van der Waals surface area contributed by atoms with Crippen LogP contribution in [0.3, 0.4) is 0 Å². The largest absolute Gasteiger partial charge is 0.512 e. The number of aliphatic hydroxyl groups is 1. The van der Waals surface area contributed by atoms with Crippen molar-refractivity contribution in [3.8, 4) is 11.3 Å². The number of carbonyl (C=O) groups excluding carboxylic acids is 1. The fourth-order valence-corrected chi connectivity index (χ4v) is 2.61. The molecular weight excluding hydrogens is 582 g/mol. The molecule has 3 rings (SSSR count). The summed E-state index contributed by atoms with van der Waals surface area (Å²) >= 11 is 0. The van der Waals surface area contributed by atoms with Gasteiger partial charge in [0.1, 0.15) is 5.76 Å². The van der Waals surface area contributed by atoms with Gasteiger partial charge >= 0.3 is 0 Å². The second-order valence-electron chi connectivity index (χ2n) is 9.65. The molecule has 32 heavy (non-hydrogen) atoms. The number of hydrogen-bond acceptors (Lipinski definition) is 3. The summed E-state index contributed by atoms with van der Waals surface area (Å²) in [5.74, 6) is -0.133. The monoisotopic (exact) mass is 613 g/mol. The molecule has 0 amide bonds. The third-order valence-electron chi connectivity index (χ3n) is 4.80. The van der Waals surface area contributed by atoms with Gasteiger partial charge in [-0.15, -0.1) is 23.8 Å². The van der Waals surface area contributed by atoms with E-state index in [1.165, 1.54) is 12.1 Å². The van der Waals surface area contributed by atoms with Crippen molar-refractivity contribution in [3.63, 3.8) is 0 Å². The van der Waals surface area contributed by atoms with Gasteiger partial charge in [-0.05, 0) is 22.5 Å². The van der Waals surface area contributed by atoms with Crippen LogP contribution in [-0.4, -0.2) is 15.9 Å². The first-order valence-corrected chi connectivity index (χ1v) is 10.3. The molecule has 2 aromatic carbocycles. The summed E-state index contributed by atoms with van der Waals surface area (Å²) in [6.45, 7) is 12.9. The van der Waals surface area contributed by atoms with Crippen LogP contribution >= 0.6 is 0 Å². The van der Waals surface area contributed by atoms with Crippen molar-refractivity contribution in [2.75, 3.05) is 0 Å². The standard InChI is InChI=1S/C16H11FN.C11H20O2.Ir/c1-11-10-13(6-7-15(11)17)16-14-5-3-2-4-12(14)8-9-18-16;1-10(2,3)8(12)7-9(13)11(4,5)6;/h2-5,7-10H,1H3;7,12H,1-6H3;/q-1;;. The first-order valence-electron chi connectivity index (χ1n) is 10.3. The van der Waals surface area contributed by atoms with Crippen molar-refractivity contribution in [1.82, 2.24) is 4.98 Å². The fraction of sp³-hybridized carbons (Fsp3) is 0.333. The average molecular weight is 613 g/mol. The molecule has 5 heteroatoms. The summed E-state index contributed by atoms with van der Waals surface area (Å²) in [7, 11) is 0. The van der Waals surface area contributed by atoms with E-state index in [0.29, 0.717) is 5.56 Å². The van der Waals surface area contributed by atoms with Crippen LogP contribution in [0.5, 0.6) is 0 Å². The van der Waals surface area contributed by atoms with Crippen molar-refractivity contribution in [3.05, 3.63) is 77.9 Å². The molecule has 0 aliphatic heterocycles. The zero-order valence-electron chi connectivity index (χ0n) is 19.7. The maximum atomic E-state index is 13.3. The molecule has 0 saturated heterocycles. The van der Waals surface area contributed by atoms with E-state index >= 15 is 0 Å². The quantitative estimate of drug-likeness (QED) is 0.189. The molecule has 1 N–H and O–H groups in total. The normalized spacial score (nSPS) is 11.9. The number of carbonyl (C=O) groups is 1. The van der Waals surface area contributed by atoms with E-state index in [2.05, 4.69) is 11.1 Å². The molecule has 1 radical (unpaired) electrons. The molecule has 0 fully saturated rings. The van der Waals surface area contributed by atoms with Gasteiger partial charge in [0.05, 0.1) is 0 Å². The first-order chi connectivity index (χ1) is 14.3. The van der Waals surface area contributed by atoms with Gasteiger partial charge < -0.3 is 10.1 Å². The number of aliphatic hydroxyl groups excluding tert-OH is 1. The minimum Gasteiger partial charge on any atom is -0.512 e. The number of pyridine rings is 1. The Labute approximate surface area is 204 Å². The summed E-state index contributed by atoms with van der Waals surface area (Å²) in [4.78, 5) is 15.9. The second-order valence-corrected chi connectivity index (χ2v) is 9.65. The van der Waals surface area contributed by atoms with E-state index in [-0.39, 0.29) is 42.9 Å². The molecule has 0 unspecified atom stereocenters. The first kappa shape index (κ1) is 27.7. The molecule has 3 aromatic rings. The van der Waals surface area contributed by atoms with Crippen LogP contribution < -0.4 is 0 Å². The van der Waals surface area contributed by atoms with E-state index in [9.17, 15) is 14.3 Å².